The topological polar surface area (TPSA) is 185 Å². The summed E-state index contributed by atoms with van der Waals surface area (Å²) in [6, 6.07) is 24.8. The number of ether oxygens (including phenoxy) is 2. The van der Waals surface area contributed by atoms with Gasteiger partial charge in [0, 0.05) is 43.6 Å². The van der Waals surface area contributed by atoms with Crippen molar-refractivity contribution in [3.63, 3.8) is 0 Å². The third-order valence-electron chi connectivity index (χ3n) is 12.6. The van der Waals surface area contributed by atoms with Gasteiger partial charge in [0.25, 0.3) is 5.91 Å². The number of amides is 4. The Morgan fingerprint density at radius 3 is 2.27 bits per heavy atom. The van der Waals surface area contributed by atoms with Crippen molar-refractivity contribution in [2.45, 2.75) is 102 Å². The van der Waals surface area contributed by atoms with Gasteiger partial charge in [-0.2, -0.15) is 0 Å². The lowest BCUT2D eigenvalue weighted by Crippen LogP contribution is -2.61. The van der Waals surface area contributed by atoms with Gasteiger partial charge in [-0.1, -0.05) is 86.0 Å². The summed E-state index contributed by atoms with van der Waals surface area (Å²) in [5.74, 6) is -2.05. The SMILES string of the molecule is CC(C)(C)NC(=O)[C@@H]1C[C@@H]2CCCC[C@@H]2CN1C[C@@H](OC(=O)c1ccc(CN2CCOCC2)cc1)[C@H](Cc1ccccc1)NC(=O)[C@H](CC(N)=O)NC(=O)c1ccc2ccccc2n1. The predicted octanol–water partition coefficient (Wildman–Crippen LogP) is 4.79. The van der Waals surface area contributed by atoms with E-state index in [0.717, 1.165) is 61.8 Å². The van der Waals surface area contributed by atoms with Gasteiger partial charge in [0.1, 0.15) is 17.8 Å². The number of hydrogen-bond donors (Lipinski definition) is 4. The molecule has 0 spiro atoms. The van der Waals surface area contributed by atoms with Gasteiger partial charge in [0.05, 0.1) is 42.8 Å². The fraction of sp³-hybridized carbons (Fsp3) is 0.480. The molecule has 64 heavy (non-hydrogen) atoms. The first-order valence-corrected chi connectivity index (χ1v) is 22.7. The highest BCUT2D eigenvalue weighted by molar-refractivity contribution is 5.99. The highest BCUT2D eigenvalue weighted by Gasteiger charge is 2.43. The van der Waals surface area contributed by atoms with E-state index >= 15 is 0 Å². The van der Waals surface area contributed by atoms with Crippen LogP contribution in [0.1, 0.15) is 91.3 Å². The van der Waals surface area contributed by atoms with Crippen LogP contribution in [0.5, 0.6) is 0 Å². The van der Waals surface area contributed by atoms with Crippen molar-refractivity contribution in [2.75, 3.05) is 39.4 Å². The van der Waals surface area contributed by atoms with E-state index in [9.17, 15) is 24.0 Å². The number of benzene rings is 3. The molecule has 14 nitrogen and oxygen atoms in total. The molecule has 1 saturated carbocycles. The van der Waals surface area contributed by atoms with Crippen LogP contribution in [0, 0.1) is 11.8 Å². The minimum absolute atomic E-state index is 0.0651. The number of carbonyl (C=O) groups excluding carboxylic acids is 5. The zero-order valence-electron chi connectivity index (χ0n) is 37.3. The zero-order chi connectivity index (χ0) is 45.2. The summed E-state index contributed by atoms with van der Waals surface area (Å²) in [4.78, 5) is 78.2. The molecule has 4 amide bonds. The van der Waals surface area contributed by atoms with Crippen LogP contribution in [0.4, 0.5) is 0 Å². The number of morpholine rings is 1. The van der Waals surface area contributed by atoms with Crippen molar-refractivity contribution < 1.29 is 33.4 Å². The van der Waals surface area contributed by atoms with Gasteiger partial charge < -0.3 is 31.2 Å². The molecule has 3 fully saturated rings. The highest BCUT2D eigenvalue weighted by Crippen LogP contribution is 2.39. The number of piperidine rings is 1. The summed E-state index contributed by atoms with van der Waals surface area (Å²) in [6.07, 6.45) is 3.77. The van der Waals surface area contributed by atoms with Gasteiger partial charge in [-0.15, -0.1) is 0 Å². The summed E-state index contributed by atoms with van der Waals surface area (Å²) in [5.41, 5.74) is 8.11. The Bertz CT molecular complexity index is 2240. The second kappa shape index (κ2) is 21.3. The van der Waals surface area contributed by atoms with E-state index < -0.39 is 59.9 Å². The third-order valence-corrected chi connectivity index (χ3v) is 12.6. The minimum Gasteiger partial charge on any atom is -0.455 e. The first-order valence-electron chi connectivity index (χ1n) is 22.7. The van der Waals surface area contributed by atoms with Crippen LogP contribution in [-0.4, -0.2) is 114 Å². The van der Waals surface area contributed by atoms with Gasteiger partial charge in [-0.25, -0.2) is 9.78 Å². The molecule has 340 valence electrons. The molecule has 0 unspecified atom stereocenters. The molecule has 1 aromatic heterocycles. The Balaban J connectivity index is 1.20. The van der Waals surface area contributed by atoms with Crippen molar-refractivity contribution in [1.82, 2.24) is 30.7 Å². The van der Waals surface area contributed by atoms with Crippen molar-refractivity contribution in [3.05, 3.63) is 113 Å². The molecule has 3 aromatic carbocycles. The summed E-state index contributed by atoms with van der Waals surface area (Å²) in [5, 5.41) is 9.84. The average molecular weight is 874 g/mol. The number of hydrogen-bond acceptors (Lipinski definition) is 10. The van der Waals surface area contributed by atoms with Crippen LogP contribution in [0.2, 0.25) is 0 Å². The number of nitrogens with two attached hydrogens (primary N) is 1. The molecular weight excluding hydrogens is 811 g/mol. The second-order valence-corrected chi connectivity index (χ2v) is 18.7. The second-order valence-electron chi connectivity index (χ2n) is 18.7. The number of carbonyl (C=O) groups is 5. The molecule has 3 heterocycles. The fourth-order valence-corrected chi connectivity index (χ4v) is 9.34. The monoisotopic (exact) mass is 873 g/mol. The first kappa shape index (κ1) is 46.3. The normalized spacial score (nSPS) is 20.8. The van der Waals surface area contributed by atoms with Crippen LogP contribution in [0.3, 0.4) is 0 Å². The van der Waals surface area contributed by atoms with E-state index in [0.29, 0.717) is 49.1 Å². The maximum atomic E-state index is 14.5. The molecule has 0 radical (unpaired) electrons. The maximum Gasteiger partial charge on any atom is 0.338 e. The van der Waals surface area contributed by atoms with Gasteiger partial charge in [-0.05, 0) is 87.3 Å². The van der Waals surface area contributed by atoms with Crippen molar-refractivity contribution in [3.8, 4) is 0 Å². The summed E-state index contributed by atoms with van der Waals surface area (Å²) >= 11 is 0. The van der Waals surface area contributed by atoms with Crippen LogP contribution in [0.15, 0.2) is 91.0 Å². The molecule has 14 heteroatoms. The number of pyridine rings is 1. The number of fused-ring (bicyclic) bond motifs is 2. The number of rotatable bonds is 16. The van der Waals surface area contributed by atoms with Crippen LogP contribution in [-0.2, 0) is 36.8 Å². The molecule has 1 aliphatic carbocycles. The lowest BCUT2D eigenvalue weighted by Gasteiger charge is -2.47. The van der Waals surface area contributed by atoms with E-state index in [4.69, 9.17) is 15.2 Å². The summed E-state index contributed by atoms with van der Waals surface area (Å²) < 4.78 is 12.0. The Morgan fingerprint density at radius 2 is 1.55 bits per heavy atom. The minimum atomic E-state index is -1.38. The highest BCUT2D eigenvalue weighted by atomic mass is 16.5. The lowest BCUT2D eigenvalue weighted by atomic mass is 9.72. The molecular formula is C50H63N7O7. The summed E-state index contributed by atoms with van der Waals surface area (Å²) in [7, 11) is 0. The molecule has 2 aliphatic heterocycles. The number of likely N-dealkylation sites (tertiary alicyclic amines) is 1. The maximum absolute atomic E-state index is 14.5. The third kappa shape index (κ3) is 12.7. The number of para-hydroxylation sites is 1. The molecule has 0 bridgehead atoms. The molecule has 2 saturated heterocycles. The molecule has 5 N–H and O–H groups in total. The average Bonchev–Trinajstić information content (AvgIpc) is 3.28. The van der Waals surface area contributed by atoms with Crippen LogP contribution >= 0.6 is 0 Å². The van der Waals surface area contributed by atoms with E-state index in [2.05, 4.69) is 30.7 Å². The van der Waals surface area contributed by atoms with Gasteiger partial charge in [0.2, 0.25) is 17.7 Å². The molecule has 6 atom stereocenters. The number of esters is 1. The standard InChI is InChI=1S/C50H63N7O7/c1-50(2,3)55-48(61)43-28-37-14-7-8-15-38(37)31-57(43)32-44(64-49(62)36-19-17-34(18-20-36)30-56-23-25-63-26-24-56)41(27-33-11-5-4-6-12-33)53-47(60)42(29-45(51)58)54-46(59)40-22-21-35-13-9-10-16-39(35)52-40/h4-6,9-13,16-22,37-38,41-44H,7-8,14-15,23-32H2,1-3H3,(H2,51,58)(H,53,60)(H,54,59)(H,55,61)/t37-,38+,41-,42-,43-,44+/m0/s1. The van der Waals surface area contributed by atoms with Crippen LogP contribution in [0.25, 0.3) is 10.9 Å². The molecule has 3 aliphatic rings. The molecule has 7 rings (SSSR count). The largest absolute Gasteiger partial charge is 0.455 e. The Hall–Kier alpha value is -5.70. The smallest absolute Gasteiger partial charge is 0.338 e. The Morgan fingerprint density at radius 1 is 0.844 bits per heavy atom. The van der Waals surface area contributed by atoms with E-state index in [1.165, 1.54) is 0 Å². The quantitative estimate of drug-likeness (QED) is 0.114. The van der Waals surface area contributed by atoms with E-state index in [1.807, 2.05) is 81.4 Å². The Labute approximate surface area is 376 Å². The van der Waals surface area contributed by atoms with Gasteiger partial charge in [-0.3, -0.25) is 29.0 Å². The fourth-order valence-electron chi connectivity index (χ4n) is 9.34. The number of primary amides is 1. The van der Waals surface area contributed by atoms with Crippen molar-refractivity contribution >= 4 is 40.5 Å². The van der Waals surface area contributed by atoms with E-state index in [1.54, 1.807) is 30.3 Å². The predicted molar refractivity (Wildman–Crippen MR) is 244 cm³/mol. The van der Waals surface area contributed by atoms with Gasteiger partial charge >= 0.3 is 5.97 Å². The number of nitrogens with one attached hydrogen (secondary N) is 3. The number of aromatic nitrogens is 1. The molecule has 4 aromatic rings. The van der Waals surface area contributed by atoms with Gasteiger partial charge in [0.15, 0.2) is 0 Å². The lowest BCUT2D eigenvalue weighted by molar-refractivity contribution is -0.133. The van der Waals surface area contributed by atoms with Crippen molar-refractivity contribution in [1.29, 1.82) is 0 Å². The first-order chi connectivity index (χ1) is 30.8. The Kier molecular flexibility index (Phi) is 15.4. The zero-order valence-corrected chi connectivity index (χ0v) is 37.3. The summed E-state index contributed by atoms with van der Waals surface area (Å²) in [6.45, 7) is 10.4. The van der Waals surface area contributed by atoms with E-state index in [-0.39, 0.29) is 24.6 Å². The van der Waals surface area contributed by atoms with Crippen molar-refractivity contribution in [2.24, 2.45) is 17.6 Å². The number of nitrogens with zero attached hydrogens (tertiary/aromatic N) is 3. The van der Waals surface area contributed by atoms with Crippen LogP contribution < -0.4 is 21.7 Å².